The summed E-state index contributed by atoms with van der Waals surface area (Å²) >= 11 is 0. The van der Waals surface area contributed by atoms with E-state index in [1.54, 1.807) is 0 Å². The van der Waals surface area contributed by atoms with E-state index >= 15 is 0 Å². The van der Waals surface area contributed by atoms with Crippen LogP contribution < -0.4 is 4.90 Å². The minimum absolute atomic E-state index is 0.363. The Bertz CT molecular complexity index is 824. The third-order valence-electron chi connectivity index (χ3n) is 5.16. The molecule has 0 unspecified atom stereocenters. The Morgan fingerprint density at radius 1 is 0.960 bits per heavy atom. The van der Waals surface area contributed by atoms with Crippen molar-refractivity contribution in [3.63, 3.8) is 0 Å². The maximum atomic E-state index is 4.65. The van der Waals surface area contributed by atoms with E-state index in [4.69, 9.17) is 0 Å². The van der Waals surface area contributed by atoms with Crippen molar-refractivity contribution < 1.29 is 0 Å². The standard InChI is InChI=1S/C23H24N2/c1-18-9-11-19(12-10-18)15-17-25-22-8-3-2-6-20(22)13-14-23(25)21-7-4-5-16-24-21/h2-12,16,23H,13-15,17H2,1H3/t23-/m0/s1. The van der Waals surface area contributed by atoms with E-state index in [0.717, 1.165) is 25.8 Å². The maximum absolute atomic E-state index is 4.65. The highest BCUT2D eigenvalue weighted by Gasteiger charge is 2.27. The highest BCUT2D eigenvalue weighted by atomic mass is 15.2. The summed E-state index contributed by atoms with van der Waals surface area (Å²) in [5, 5.41) is 0. The van der Waals surface area contributed by atoms with Crippen molar-refractivity contribution >= 4 is 5.69 Å². The molecule has 4 rings (SSSR count). The molecular formula is C23H24N2. The number of aryl methyl sites for hydroxylation is 2. The van der Waals surface area contributed by atoms with Gasteiger partial charge in [0.15, 0.2) is 0 Å². The first kappa shape index (κ1) is 15.9. The first-order valence-electron chi connectivity index (χ1n) is 9.12. The molecule has 0 saturated carbocycles. The van der Waals surface area contributed by atoms with Gasteiger partial charge in [-0.1, -0.05) is 54.1 Å². The third-order valence-corrected chi connectivity index (χ3v) is 5.16. The molecule has 2 heteroatoms. The van der Waals surface area contributed by atoms with Crippen molar-refractivity contribution in [2.75, 3.05) is 11.4 Å². The van der Waals surface area contributed by atoms with E-state index in [9.17, 15) is 0 Å². The highest BCUT2D eigenvalue weighted by Crippen LogP contribution is 2.37. The van der Waals surface area contributed by atoms with Gasteiger partial charge >= 0.3 is 0 Å². The number of benzene rings is 2. The summed E-state index contributed by atoms with van der Waals surface area (Å²) in [5.74, 6) is 0. The summed E-state index contributed by atoms with van der Waals surface area (Å²) in [6, 6.07) is 24.4. The monoisotopic (exact) mass is 328 g/mol. The molecule has 0 spiro atoms. The molecule has 1 aromatic heterocycles. The second-order valence-electron chi connectivity index (χ2n) is 6.87. The van der Waals surface area contributed by atoms with Gasteiger partial charge in [0.1, 0.15) is 0 Å². The van der Waals surface area contributed by atoms with Crippen LogP contribution in [-0.2, 0) is 12.8 Å². The van der Waals surface area contributed by atoms with Gasteiger partial charge in [0.25, 0.3) is 0 Å². The quantitative estimate of drug-likeness (QED) is 0.660. The van der Waals surface area contributed by atoms with Gasteiger partial charge in [-0.15, -0.1) is 0 Å². The topological polar surface area (TPSA) is 16.1 Å². The summed E-state index contributed by atoms with van der Waals surface area (Å²) in [7, 11) is 0. The predicted molar refractivity (Wildman–Crippen MR) is 104 cm³/mol. The minimum Gasteiger partial charge on any atom is -0.362 e. The Kier molecular flexibility index (Phi) is 4.51. The molecule has 25 heavy (non-hydrogen) atoms. The van der Waals surface area contributed by atoms with E-state index < -0.39 is 0 Å². The molecule has 2 nitrogen and oxygen atoms in total. The lowest BCUT2D eigenvalue weighted by molar-refractivity contribution is 0.537. The smallest absolute Gasteiger partial charge is 0.0717 e. The van der Waals surface area contributed by atoms with Gasteiger partial charge in [0.2, 0.25) is 0 Å². The molecule has 2 aromatic carbocycles. The van der Waals surface area contributed by atoms with Crippen LogP contribution in [0.5, 0.6) is 0 Å². The molecule has 0 bridgehead atoms. The normalized spacial score (nSPS) is 16.5. The van der Waals surface area contributed by atoms with Gasteiger partial charge in [-0.05, 0) is 55.5 Å². The van der Waals surface area contributed by atoms with Crippen LogP contribution in [0, 0.1) is 6.92 Å². The molecule has 0 aliphatic carbocycles. The summed E-state index contributed by atoms with van der Waals surface area (Å²) in [6.07, 6.45) is 5.21. The maximum Gasteiger partial charge on any atom is 0.0717 e. The minimum atomic E-state index is 0.363. The number of hydrogen-bond donors (Lipinski definition) is 0. The summed E-state index contributed by atoms with van der Waals surface area (Å²) < 4.78 is 0. The van der Waals surface area contributed by atoms with E-state index in [2.05, 4.69) is 77.5 Å². The molecule has 1 aliphatic heterocycles. The van der Waals surface area contributed by atoms with Crippen molar-refractivity contribution in [3.8, 4) is 0 Å². The molecule has 3 aromatic rings. The fourth-order valence-corrected chi connectivity index (χ4v) is 3.78. The first-order chi connectivity index (χ1) is 12.3. The van der Waals surface area contributed by atoms with E-state index in [-0.39, 0.29) is 0 Å². The molecule has 0 radical (unpaired) electrons. The van der Waals surface area contributed by atoms with Gasteiger partial charge in [-0.25, -0.2) is 0 Å². The van der Waals surface area contributed by atoms with Crippen molar-refractivity contribution in [2.45, 2.75) is 32.2 Å². The van der Waals surface area contributed by atoms with Gasteiger partial charge in [0.05, 0.1) is 11.7 Å². The Morgan fingerprint density at radius 2 is 1.76 bits per heavy atom. The van der Waals surface area contributed by atoms with Crippen molar-refractivity contribution in [3.05, 3.63) is 95.3 Å². The number of aromatic nitrogens is 1. The lowest BCUT2D eigenvalue weighted by Gasteiger charge is -2.39. The molecule has 2 heterocycles. The Balaban J connectivity index is 1.62. The zero-order chi connectivity index (χ0) is 17.1. The fourth-order valence-electron chi connectivity index (χ4n) is 3.78. The molecule has 0 amide bonds. The molecule has 1 aliphatic rings. The number of anilines is 1. The summed E-state index contributed by atoms with van der Waals surface area (Å²) in [5.41, 5.74) is 6.72. The van der Waals surface area contributed by atoms with Crippen LogP contribution in [0.3, 0.4) is 0 Å². The van der Waals surface area contributed by atoms with Gasteiger partial charge in [0, 0.05) is 18.4 Å². The van der Waals surface area contributed by atoms with Gasteiger partial charge in [-0.2, -0.15) is 0 Å². The number of para-hydroxylation sites is 1. The van der Waals surface area contributed by atoms with Crippen LogP contribution in [0.2, 0.25) is 0 Å². The summed E-state index contributed by atoms with van der Waals surface area (Å²) in [4.78, 5) is 7.21. The lowest BCUT2D eigenvalue weighted by Crippen LogP contribution is -2.35. The predicted octanol–water partition coefficient (Wildman–Crippen LogP) is 5.13. The van der Waals surface area contributed by atoms with Crippen LogP contribution in [0.4, 0.5) is 5.69 Å². The lowest BCUT2D eigenvalue weighted by atomic mass is 9.93. The van der Waals surface area contributed by atoms with Crippen LogP contribution in [0.1, 0.15) is 34.8 Å². The number of rotatable bonds is 4. The summed E-state index contributed by atoms with van der Waals surface area (Å²) in [6.45, 7) is 3.16. The van der Waals surface area contributed by atoms with E-state index in [0.29, 0.717) is 6.04 Å². The molecule has 126 valence electrons. The molecule has 1 atom stereocenters. The Hall–Kier alpha value is -2.61. The number of hydrogen-bond acceptors (Lipinski definition) is 2. The van der Waals surface area contributed by atoms with Crippen LogP contribution in [-0.4, -0.2) is 11.5 Å². The second kappa shape index (κ2) is 7.10. The zero-order valence-corrected chi connectivity index (χ0v) is 14.7. The Labute approximate surface area is 150 Å². The SMILES string of the molecule is Cc1ccc(CCN2c3ccccc3CC[C@H]2c2ccccn2)cc1. The van der Waals surface area contributed by atoms with E-state index in [1.807, 2.05) is 12.3 Å². The first-order valence-corrected chi connectivity index (χ1v) is 9.12. The molecular weight excluding hydrogens is 304 g/mol. The third kappa shape index (κ3) is 3.43. The van der Waals surface area contributed by atoms with E-state index in [1.165, 1.54) is 28.1 Å². The van der Waals surface area contributed by atoms with Crippen molar-refractivity contribution in [1.82, 2.24) is 4.98 Å². The van der Waals surface area contributed by atoms with Crippen molar-refractivity contribution in [2.24, 2.45) is 0 Å². The molecule has 0 saturated heterocycles. The largest absolute Gasteiger partial charge is 0.362 e. The Morgan fingerprint density at radius 3 is 2.56 bits per heavy atom. The van der Waals surface area contributed by atoms with Crippen LogP contribution >= 0.6 is 0 Å². The molecule has 0 N–H and O–H groups in total. The molecule has 0 fully saturated rings. The zero-order valence-electron chi connectivity index (χ0n) is 14.7. The second-order valence-corrected chi connectivity index (χ2v) is 6.87. The van der Waals surface area contributed by atoms with Crippen LogP contribution in [0.15, 0.2) is 72.9 Å². The van der Waals surface area contributed by atoms with Gasteiger partial charge in [-0.3, -0.25) is 4.98 Å². The average Bonchev–Trinajstić information content (AvgIpc) is 2.68. The number of pyridine rings is 1. The average molecular weight is 328 g/mol. The van der Waals surface area contributed by atoms with Crippen molar-refractivity contribution in [1.29, 1.82) is 0 Å². The number of nitrogens with zero attached hydrogens (tertiary/aromatic N) is 2. The van der Waals surface area contributed by atoms with Gasteiger partial charge < -0.3 is 4.90 Å². The number of fused-ring (bicyclic) bond motifs is 1. The highest BCUT2D eigenvalue weighted by molar-refractivity contribution is 5.57. The fraction of sp³-hybridized carbons (Fsp3) is 0.261. The van der Waals surface area contributed by atoms with Crippen LogP contribution in [0.25, 0.3) is 0 Å².